The third kappa shape index (κ3) is 2.14. The van der Waals surface area contributed by atoms with E-state index in [0.29, 0.717) is 5.92 Å². The van der Waals surface area contributed by atoms with Crippen molar-refractivity contribution < 1.29 is 15.0 Å². The summed E-state index contributed by atoms with van der Waals surface area (Å²) in [6.45, 7) is 5.49. The average Bonchev–Trinajstić information content (AvgIpc) is 2.34. The fraction of sp³-hybridized carbons (Fsp3) is 0.800. The van der Waals surface area contributed by atoms with Gasteiger partial charge in [-0.15, -0.1) is 0 Å². The molecule has 0 amide bonds. The molecule has 0 spiro atoms. The maximum Gasteiger partial charge on any atom is 0.162 e. The number of aliphatic hydroxyl groups excluding tert-OH is 1. The zero-order chi connectivity index (χ0) is 13.5. The smallest absolute Gasteiger partial charge is 0.162 e. The van der Waals surface area contributed by atoms with Gasteiger partial charge in [0, 0.05) is 17.4 Å². The van der Waals surface area contributed by atoms with Crippen molar-refractivity contribution in [3.8, 4) is 0 Å². The predicted octanol–water partition coefficient (Wildman–Crippen LogP) is 2.07. The van der Waals surface area contributed by atoms with Crippen LogP contribution in [0.3, 0.4) is 0 Å². The third-order valence-electron chi connectivity index (χ3n) is 4.81. The van der Waals surface area contributed by atoms with Gasteiger partial charge in [-0.3, -0.25) is 4.79 Å². The quantitative estimate of drug-likeness (QED) is 0.791. The lowest BCUT2D eigenvalue weighted by Crippen LogP contribution is -2.45. The van der Waals surface area contributed by atoms with Gasteiger partial charge in [-0.1, -0.05) is 19.4 Å². The Morgan fingerprint density at radius 3 is 2.50 bits per heavy atom. The molecule has 0 aromatic carbocycles. The molecular formula is C15H24O3. The standard InChI is InChI=1S/C15H24O3/c1-9-5-7-12(15(3,18)8-16)13-11(9)6-4-10(2)14(13)17/h9-10,12,16,18H,4-8H2,1-3H3. The van der Waals surface area contributed by atoms with Gasteiger partial charge in [-0.05, 0) is 38.5 Å². The SMILES string of the molecule is CC1CCC2=C(C1=O)C(C(C)(O)CO)CCC2C. The molecule has 2 N–H and O–H groups in total. The molecule has 18 heavy (non-hydrogen) atoms. The lowest BCUT2D eigenvalue weighted by Gasteiger charge is -2.42. The maximum absolute atomic E-state index is 12.4. The summed E-state index contributed by atoms with van der Waals surface area (Å²) in [5.41, 5.74) is 0.905. The summed E-state index contributed by atoms with van der Waals surface area (Å²) in [7, 11) is 0. The highest BCUT2D eigenvalue weighted by molar-refractivity contribution is 5.99. The van der Waals surface area contributed by atoms with Gasteiger partial charge in [0.1, 0.15) is 0 Å². The Kier molecular flexibility index (Phi) is 3.65. The first-order valence-electron chi connectivity index (χ1n) is 6.99. The number of hydrogen-bond donors (Lipinski definition) is 2. The first-order valence-corrected chi connectivity index (χ1v) is 6.99. The summed E-state index contributed by atoms with van der Waals surface area (Å²) in [4.78, 5) is 12.4. The normalized spacial score (nSPS) is 36.3. The van der Waals surface area contributed by atoms with Crippen molar-refractivity contribution in [1.82, 2.24) is 0 Å². The van der Waals surface area contributed by atoms with Crippen LogP contribution in [-0.2, 0) is 4.79 Å². The molecule has 2 aliphatic rings. The van der Waals surface area contributed by atoms with Crippen molar-refractivity contribution >= 4 is 5.78 Å². The molecule has 4 unspecified atom stereocenters. The van der Waals surface area contributed by atoms with Crippen LogP contribution in [0.15, 0.2) is 11.1 Å². The number of Topliss-reactive ketones (excluding diaryl/α,β-unsaturated/α-hetero) is 1. The first-order chi connectivity index (χ1) is 8.38. The number of ketones is 1. The van der Waals surface area contributed by atoms with Gasteiger partial charge in [0.15, 0.2) is 5.78 Å². The minimum atomic E-state index is -1.17. The van der Waals surface area contributed by atoms with Crippen LogP contribution >= 0.6 is 0 Å². The molecule has 3 nitrogen and oxygen atoms in total. The zero-order valence-electron chi connectivity index (χ0n) is 11.6. The Bertz CT molecular complexity index is 381. The second-order valence-corrected chi connectivity index (χ2v) is 6.29. The van der Waals surface area contributed by atoms with Crippen LogP contribution in [0, 0.1) is 17.8 Å². The first kappa shape index (κ1) is 13.8. The van der Waals surface area contributed by atoms with Crippen LogP contribution in [-0.4, -0.2) is 28.2 Å². The number of aliphatic hydroxyl groups is 2. The molecule has 0 fully saturated rings. The van der Waals surface area contributed by atoms with Crippen LogP contribution in [0.4, 0.5) is 0 Å². The molecule has 2 aliphatic carbocycles. The molecule has 2 rings (SSSR count). The van der Waals surface area contributed by atoms with Gasteiger partial charge >= 0.3 is 0 Å². The fourth-order valence-corrected chi connectivity index (χ4v) is 3.44. The second-order valence-electron chi connectivity index (χ2n) is 6.29. The second kappa shape index (κ2) is 4.78. The van der Waals surface area contributed by atoms with Crippen molar-refractivity contribution in [3.63, 3.8) is 0 Å². The average molecular weight is 252 g/mol. The summed E-state index contributed by atoms with van der Waals surface area (Å²) in [5, 5.41) is 19.7. The van der Waals surface area contributed by atoms with Gasteiger partial charge in [0.25, 0.3) is 0 Å². The number of hydrogen-bond acceptors (Lipinski definition) is 3. The van der Waals surface area contributed by atoms with Crippen LogP contribution in [0.1, 0.15) is 46.5 Å². The van der Waals surface area contributed by atoms with Crippen LogP contribution in [0.5, 0.6) is 0 Å². The molecular weight excluding hydrogens is 228 g/mol. The predicted molar refractivity (Wildman–Crippen MR) is 70.0 cm³/mol. The molecule has 3 heteroatoms. The van der Waals surface area contributed by atoms with E-state index in [-0.39, 0.29) is 24.2 Å². The number of allylic oxidation sites excluding steroid dienone is 1. The highest BCUT2D eigenvalue weighted by atomic mass is 16.3. The van der Waals surface area contributed by atoms with E-state index in [4.69, 9.17) is 0 Å². The van der Waals surface area contributed by atoms with E-state index >= 15 is 0 Å². The summed E-state index contributed by atoms with van der Waals surface area (Å²) >= 11 is 0. The number of carbonyl (C=O) groups excluding carboxylic acids is 1. The lowest BCUT2D eigenvalue weighted by atomic mass is 9.64. The molecule has 0 saturated carbocycles. The Morgan fingerprint density at radius 1 is 1.22 bits per heavy atom. The number of rotatable bonds is 2. The van der Waals surface area contributed by atoms with E-state index in [1.165, 1.54) is 5.57 Å². The van der Waals surface area contributed by atoms with Gasteiger partial charge in [0.2, 0.25) is 0 Å². The van der Waals surface area contributed by atoms with Crippen LogP contribution < -0.4 is 0 Å². The van der Waals surface area contributed by atoms with Crippen molar-refractivity contribution in [1.29, 1.82) is 0 Å². The van der Waals surface area contributed by atoms with Crippen LogP contribution in [0.25, 0.3) is 0 Å². The lowest BCUT2D eigenvalue weighted by molar-refractivity contribution is -0.122. The Labute approximate surface area is 109 Å². The molecule has 0 aromatic rings. The van der Waals surface area contributed by atoms with Gasteiger partial charge in [0.05, 0.1) is 12.2 Å². The summed E-state index contributed by atoms with van der Waals surface area (Å²) in [6, 6.07) is 0. The van der Waals surface area contributed by atoms with Crippen molar-refractivity contribution in [2.24, 2.45) is 17.8 Å². The molecule has 102 valence electrons. The molecule has 0 radical (unpaired) electrons. The van der Waals surface area contributed by atoms with E-state index in [9.17, 15) is 15.0 Å². The van der Waals surface area contributed by atoms with E-state index in [2.05, 4.69) is 6.92 Å². The molecule has 4 atom stereocenters. The van der Waals surface area contributed by atoms with E-state index in [0.717, 1.165) is 31.3 Å². The summed E-state index contributed by atoms with van der Waals surface area (Å²) in [6.07, 6.45) is 3.70. The summed E-state index contributed by atoms with van der Waals surface area (Å²) < 4.78 is 0. The Hall–Kier alpha value is -0.670. The monoisotopic (exact) mass is 252 g/mol. The molecule has 0 aliphatic heterocycles. The fourth-order valence-electron chi connectivity index (χ4n) is 3.44. The number of carbonyl (C=O) groups is 1. The van der Waals surface area contributed by atoms with Gasteiger partial charge in [-0.25, -0.2) is 0 Å². The highest BCUT2D eigenvalue weighted by Gasteiger charge is 2.43. The molecule has 0 bridgehead atoms. The van der Waals surface area contributed by atoms with Crippen molar-refractivity contribution in [3.05, 3.63) is 11.1 Å². The van der Waals surface area contributed by atoms with E-state index in [1.54, 1.807) is 6.92 Å². The third-order valence-corrected chi connectivity index (χ3v) is 4.81. The topological polar surface area (TPSA) is 57.5 Å². The summed E-state index contributed by atoms with van der Waals surface area (Å²) in [5.74, 6) is 0.513. The minimum Gasteiger partial charge on any atom is -0.393 e. The zero-order valence-corrected chi connectivity index (χ0v) is 11.6. The maximum atomic E-state index is 12.4. The van der Waals surface area contributed by atoms with E-state index < -0.39 is 5.60 Å². The van der Waals surface area contributed by atoms with Gasteiger partial charge in [-0.2, -0.15) is 0 Å². The van der Waals surface area contributed by atoms with Crippen molar-refractivity contribution in [2.45, 2.75) is 52.1 Å². The molecule has 0 aromatic heterocycles. The van der Waals surface area contributed by atoms with E-state index in [1.807, 2.05) is 6.92 Å². The highest BCUT2D eigenvalue weighted by Crippen LogP contribution is 2.45. The van der Waals surface area contributed by atoms with Crippen molar-refractivity contribution in [2.75, 3.05) is 6.61 Å². The molecule has 0 saturated heterocycles. The largest absolute Gasteiger partial charge is 0.393 e. The van der Waals surface area contributed by atoms with Crippen LogP contribution in [0.2, 0.25) is 0 Å². The Balaban J connectivity index is 2.44. The Morgan fingerprint density at radius 2 is 1.89 bits per heavy atom. The minimum absolute atomic E-state index is 0.0612. The van der Waals surface area contributed by atoms with Gasteiger partial charge < -0.3 is 10.2 Å². The molecule has 0 heterocycles.